The van der Waals surface area contributed by atoms with Crippen LogP contribution in [-0.2, 0) is 20.7 Å². The van der Waals surface area contributed by atoms with Crippen molar-refractivity contribution in [2.24, 2.45) is 11.3 Å². The quantitative estimate of drug-likeness (QED) is 0.572. The Morgan fingerprint density at radius 2 is 2.05 bits per heavy atom. The second-order valence-electron chi connectivity index (χ2n) is 5.46. The lowest BCUT2D eigenvalue weighted by Crippen LogP contribution is -2.35. The number of carbonyl (C=O) groups excluding carboxylic acids is 2. The molecule has 114 valence electrons. The number of ether oxygens (including phenoxy) is 2. The molecule has 0 aliphatic heterocycles. The summed E-state index contributed by atoms with van der Waals surface area (Å²) in [6.45, 7) is 7.25. The number of esters is 1. The predicted octanol–water partition coefficient (Wildman–Crippen LogP) is 2.90. The molecule has 0 radical (unpaired) electrons. The fourth-order valence-corrected chi connectivity index (χ4v) is 2.27. The van der Waals surface area contributed by atoms with E-state index in [1.165, 1.54) is 7.11 Å². The number of hydrogen-bond donors (Lipinski definition) is 0. The van der Waals surface area contributed by atoms with Gasteiger partial charge in [-0.15, -0.1) is 0 Å². The Morgan fingerprint density at radius 3 is 2.52 bits per heavy atom. The normalized spacial score (nSPS) is 12.4. The number of aldehydes is 1. The van der Waals surface area contributed by atoms with Crippen molar-refractivity contribution in [3.05, 3.63) is 35.9 Å². The van der Waals surface area contributed by atoms with Crippen molar-refractivity contribution in [1.82, 2.24) is 0 Å². The largest absolute Gasteiger partial charge is 0.496 e. The maximum Gasteiger partial charge on any atom is 0.309 e. The van der Waals surface area contributed by atoms with Crippen LogP contribution in [0, 0.1) is 11.3 Å². The minimum atomic E-state index is -0.811. The van der Waals surface area contributed by atoms with Gasteiger partial charge in [-0.3, -0.25) is 4.79 Å². The molecule has 1 atom stereocenters. The Kier molecular flexibility index (Phi) is 5.70. The average Bonchev–Trinajstić information content (AvgIpc) is 2.50. The van der Waals surface area contributed by atoms with Gasteiger partial charge in [-0.25, -0.2) is 0 Å². The molecule has 4 nitrogen and oxygen atoms in total. The van der Waals surface area contributed by atoms with E-state index in [0.29, 0.717) is 12.2 Å². The fourth-order valence-electron chi connectivity index (χ4n) is 2.27. The molecular weight excluding hydrogens is 268 g/mol. The summed E-state index contributed by atoms with van der Waals surface area (Å²) in [5.41, 5.74) is 0.916. The third-order valence-electron chi connectivity index (χ3n) is 3.69. The van der Waals surface area contributed by atoms with Crippen LogP contribution in [0.4, 0.5) is 0 Å². The topological polar surface area (TPSA) is 52.6 Å². The summed E-state index contributed by atoms with van der Waals surface area (Å²) < 4.78 is 10.1. The zero-order chi connectivity index (χ0) is 16.0. The number of carbonyl (C=O) groups is 2. The molecule has 1 unspecified atom stereocenters. The lowest BCUT2D eigenvalue weighted by Gasteiger charge is -2.27. The molecular formula is C17H22O4. The number of hydrogen-bond acceptors (Lipinski definition) is 4. The van der Waals surface area contributed by atoms with Crippen molar-refractivity contribution in [1.29, 1.82) is 0 Å². The zero-order valence-corrected chi connectivity index (χ0v) is 13.0. The maximum absolute atomic E-state index is 12.0. The van der Waals surface area contributed by atoms with Crippen molar-refractivity contribution in [2.75, 3.05) is 14.2 Å². The van der Waals surface area contributed by atoms with Crippen LogP contribution in [-0.4, -0.2) is 26.5 Å². The highest BCUT2D eigenvalue weighted by Crippen LogP contribution is 2.32. The molecule has 0 amide bonds. The predicted molar refractivity (Wildman–Crippen MR) is 82.1 cm³/mol. The maximum atomic E-state index is 12.0. The van der Waals surface area contributed by atoms with Crippen LogP contribution in [0.1, 0.15) is 25.0 Å². The molecule has 0 bridgehead atoms. The fraction of sp³-hybridized carbons (Fsp3) is 0.412. The standard InChI is InChI=1S/C17H22O4/c1-6-13-12(8-7-9-15(13)20-4)10-14(16(19)21-5)17(2,3)11-18/h6-9,11,14H,1,10H2,2-5H3. The third kappa shape index (κ3) is 3.72. The Morgan fingerprint density at radius 1 is 1.38 bits per heavy atom. The minimum Gasteiger partial charge on any atom is -0.496 e. The van der Waals surface area contributed by atoms with Crippen LogP contribution in [0.25, 0.3) is 6.08 Å². The van der Waals surface area contributed by atoms with Gasteiger partial charge in [0.1, 0.15) is 12.0 Å². The Bertz CT molecular complexity index is 532. The van der Waals surface area contributed by atoms with Gasteiger partial charge in [0.05, 0.1) is 20.1 Å². The van der Waals surface area contributed by atoms with Gasteiger partial charge in [-0.05, 0) is 18.1 Å². The first-order valence-corrected chi connectivity index (χ1v) is 6.73. The van der Waals surface area contributed by atoms with E-state index in [9.17, 15) is 9.59 Å². The Hall–Kier alpha value is -2.10. The van der Waals surface area contributed by atoms with Gasteiger partial charge in [0, 0.05) is 11.0 Å². The van der Waals surface area contributed by atoms with Crippen LogP contribution in [0.5, 0.6) is 5.75 Å². The van der Waals surface area contributed by atoms with Crippen molar-refractivity contribution < 1.29 is 19.1 Å². The second kappa shape index (κ2) is 7.07. The van der Waals surface area contributed by atoms with Crippen LogP contribution < -0.4 is 4.74 Å². The smallest absolute Gasteiger partial charge is 0.309 e. The summed E-state index contributed by atoms with van der Waals surface area (Å²) in [5.74, 6) is -0.272. The number of benzene rings is 1. The Balaban J connectivity index is 3.24. The summed E-state index contributed by atoms with van der Waals surface area (Å²) in [6, 6.07) is 5.58. The van der Waals surface area contributed by atoms with Crippen molar-refractivity contribution in [3.8, 4) is 5.75 Å². The molecule has 0 N–H and O–H groups in total. The summed E-state index contributed by atoms with van der Waals surface area (Å²) in [5, 5.41) is 0. The molecule has 0 heterocycles. The lowest BCUT2D eigenvalue weighted by molar-refractivity contribution is -0.151. The first-order valence-electron chi connectivity index (χ1n) is 6.73. The highest BCUT2D eigenvalue weighted by molar-refractivity contribution is 5.79. The summed E-state index contributed by atoms with van der Waals surface area (Å²) >= 11 is 0. The Labute approximate surface area is 125 Å². The van der Waals surface area contributed by atoms with E-state index < -0.39 is 17.3 Å². The molecule has 0 saturated carbocycles. The molecule has 0 saturated heterocycles. The van der Waals surface area contributed by atoms with Crippen LogP contribution in [0.2, 0.25) is 0 Å². The third-order valence-corrected chi connectivity index (χ3v) is 3.69. The van der Waals surface area contributed by atoms with E-state index in [1.54, 1.807) is 27.0 Å². The monoisotopic (exact) mass is 290 g/mol. The average molecular weight is 290 g/mol. The molecule has 21 heavy (non-hydrogen) atoms. The van der Waals surface area contributed by atoms with Crippen molar-refractivity contribution in [3.63, 3.8) is 0 Å². The number of rotatable bonds is 7. The molecule has 0 aliphatic rings. The molecule has 1 aromatic rings. The van der Waals surface area contributed by atoms with Crippen LogP contribution in [0.15, 0.2) is 24.8 Å². The molecule has 0 aromatic heterocycles. The summed E-state index contributed by atoms with van der Waals surface area (Å²) in [6.07, 6.45) is 2.87. The van der Waals surface area contributed by atoms with E-state index in [0.717, 1.165) is 17.4 Å². The van der Waals surface area contributed by atoms with E-state index in [1.807, 2.05) is 18.2 Å². The van der Waals surface area contributed by atoms with E-state index >= 15 is 0 Å². The molecule has 4 heteroatoms. The first-order chi connectivity index (χ1) is 9.91. The van der Waals surface area contributed by atoms with Gasteiger partial charge in [-0.2, -0.15) is 0 Å². The van der Waals surface area contributed by atoms with Crippen LogP contribution >= 0.6 is 0 Å². The van der Waals surface area contributed by atoms with Gasteiger partial charge in [0.25, 0.3) is 0 Å². The molecule has 0 spiro atoms. The van der Waals surface area contributed by atoms with Crippen LogP contribution in [0.3, 0.4) is 0 Å². The van der Waals surface area contributed by atoms with E-state index in [-0.39, 0.29) is 0 Å². The van der Waals surface area contributed by atoms with Crippen molar-refractivity contribution in [2.45, 2.75) is 20.3 Å². The van der Waals surface area contributed by atoms with Gasteiger partial charge in [-0.1, -0.05) is 38.6 Å². The molecule has 0 fully saturated rings. The highest BCUT2D eigenvalue weighted by Gasteiger charge is 2.36. The first kappa shape index (κ1) is 17.0. The SMILES string of the molecule is C=Cc1c(CC(C(=O)OC)C(C)(C)C=O)cccc1OC. The number of methoxy groups -OCH3 is 2. The lowest BCUT2D eigenvalue weighted by atomic mass is 9.76. The van der Waals surface area contributed by atoms with E-state index in [4.69, 9.17) is 9.47 Å². The van der Waals surface area contributed by atoms with E-state index in [2.05, 4.69) is 6.58 Å². The molecule has 1 aromatic carbocycles. The highest BCUT2D eigenvalue weighted by atomic mass is 16.5. The summed E-state index contributed by atoms with van der Waals surface area (Å²) in [7, 11) is 2.91. The molecule has 1 rings (SSSR count). The zero-order valence-electron chi connectivity index (χ0n) is 13.0. The van der Waals surface area contributed by atoms with Gasteiger partial charge in [0.2, 0.25) is 0 Å². The molecule has 0 aliphatic carbocycles. The van der Waals surface area contributed by atoms with Gasteiger partial charge in [0.15, 0.2) is 0 Å². The minimum absolute atomic E-state index is 0.386. The van der Waals surface area contributed by atoms with Gasteiger partial charge < -0.3 is 14.3 Å². The second-order valence-corrected chi connectivity index (χ2v) is 5.46. The van der Waals surface area contributed by atoms with Crippen molar-refractivity contribution >= 4 is 18.3 Å². The van der Waals surface area contributed by atoms with Gasteiger partial charge >= 0.3 is 5.97 Å². The summed E-state index contributed by atoms with van der Waals surface area (Å²) in [4.78, 5) is 23.3.